The summed E-state index contributed by atoms with van der Waals surface area (Å²) in [4.78, 5) is 11.1. The second-order valence-electron chi connectivity index (χ2n) is 5.85. The molecule has 1 aliphatic heterocycles. The molecule has 0 amide bonds. The van der Waals surface area contributed by atoms with Crippen LogP contribution in [0.15, 0.2) is 48.6 Å². The first-order chi connectivity index (χ1) is 11.2. The Morgan fingerprint density at radius 3 is 2.74 bits per heavy atom. The van der Waals surface area contributed by atoms with Gasteiger partial charge in [0.15, 0.2) is 0 Å². The van der Waals surface area contributed by atoms with Crippen molar-refractivity contribution in [3.63, 3.8) is 0 Å². The lowest BCUT2D eigenvalue weighted by molar-refractivity contribution is -0.150. The van der Waals surface area contributed by atoms with Gasteiger partial charge in [0.1, 0.15) is 6.10 Å². The molecular formula is C20H30O3. The molecule has 1 unspecified atom stereocenters. The SMILES string of the molecule is CCCCC[C@H](O)/C=C/C=C\C/C=C\C=C\C1CCCC(=O)O1. The third-order valence-electron chi connectivity index (χ3n) is 3.68. The summed E-state index contributed by atoms with van der Waals surface area (Å²) >= 11 is 0. The Bertz CT molecular complexity index is 432. The van der Waals surface area contributed by atoms with E-state index in [0.29, 0.717) is 6.42 Å². The molecule has 0 aliphatic carbocycles. The van der Waals surface area contributed by atoms with Crippen molar-refractivity contribution in [3.8, 4) is 0 Å². The van der Waals surface area contributed by atoms with Gasteiger partial charge in [-0.25, -0.2) is 0 Å². The quantitative estimate of drug-likeness (QED) is 0.363. The average molecular weight is 318 g/mol. The van der Waals surface area contributed by atoms with Crippen molar-refractivity contribution in [2.24, 2.45) is 0 Å². The van der Waals surface area contributed by atoms with Gasteiger partial charge < -0.3 is 9.84 Å². The van der Waals surface area contributed by atoms with E-state index in [4.69, 9.17) is 4.74 Å². The summed E-state index contributed by atoms with van der Waals surface area (Å²) in [6, 6.07) is 0. The maximum atomic E-state index is 11.1. The summed E-state index contributed by atoms with van der Waals surface area (Å²) in [6.45, 7) is 2.16. The molecule has 0 bridgehead atoms. The van der Waals surface area contributed by atoms with Crippen LogP contribution in [0.2, 0.25) is 0 Å². The second kappa shape index (κ2) is 12.9. The third kappa shape index (κ3) is 10.7. The molecule has 1 fully saturated rings. The Labute approximate surface area is 140 Å². The van der Waals surface area contributed by atoms with Gasteiger partial charge in [0.05, 0.1) is 6.10 Å². The number of esters is 1. The van der Waals surface area contributed by atoms with E-state index in [9.17, 15) is 9.90 Å². The number of carbonyl (C=O) groups is 1. The Hall–Kier alpha value is -1.61. The molecule has 1 aliphatic rings. The number of cyclic esters (lactones) is 1. The zero-order valence-electron chi connectivity index (χ0n) is 14.2. The van der Waals surface area contributed by atoms with Crippen LogP contribution in [0.1, 0.15) is 58.3 Å². The van der Waals surface area contributed by atoms with Crippen molar-refractivity contribution in [1.29, 1.82) is 0 Å². The molecule has 1 rings (SSSR count). The monoisotopic (exact) mass is 318 g/mol. The minimum atomic E-state index is -0.331. The van der Waals surface area contributed by atoms with Crippen LogP contribution < -0.4 is 0 Å². The van der Waals surface area contributed by atoms with E-state index in [0.717, 1.165) is 32.1 Å². The highest BCUT2D eigenvalue weighted by atomic mass is 16.5. The number of rotatable bonds is 10. The Morgan fingerprint density at radius 2 is 2.00 bits per heavy atom. The first kappa shape index (κ1) is 19.4. The van der Waals surface area contributed by atoms with Crippen LogP contribution in [0.25, 0.3) is 0 Å². The average Bonchev–Trinajstić information content (AvgIpc) is 2.53. The molecule has 0 saturated carbocycles. The van der Waals surface area contributed by atoms with E-state index in [1.54, 1.807) is 0 Å². The number of unbranched alkanes of at least 4 members (excludes halogenated alkanes) is 2. The van der Waals surface area contributed by atoms with Gasteiger partial charge in [-0.15, -0.1) is 0 Å². The molecule has 128 valence electrons. The van der Waals surface area contributed by atoms with Crippen molar-refractivity contribution in [2.45, 2.75) is 70.5 Å². The standard InChI is InChI=1S/C20H30O3/c1-2-3-9-13-18(21)14-10-7-5-4-6-8-11-15-19-16-12-17-20(22)23-19/h5-8,10-11,14-15,18-19,21H,2-4,9,12-13,16-17H2,1H3/b7-5-,8-6-,14-10+,15-11+/t18-,19?/m0/s1. The van der Waals surface area contributed by atoms with Gasteiger partial charge >= 0.3 is 5.97 Å². The van der Waals surface area contributed by atoms with E-state index in [1.165, 1.54) is 12.8 Å². The van der Waals surface area contributed by atoms with E-state index in [-0.39, 0.29) is 18.2 Å². The molecule has 3 heteroatoms. The number of ether oxygens (including phenoxy) is 1. The molecule has 1 N–H and O–H groups in total. The van der Waals surface area contributed by atoms with Crippen molar-refractivity contribution in [3.05, 3.63) is 48.6 Å². The minimum Gasteiger partial charge on any atom is -0.458 e. The zero-order valence-corrected chi connectivity index (χ0v) is 14.2. The number of hydrogen-bond donors (Lipinski definition) is 1. The summed E-state index contributed by atoms with van der Waals surface area (Å²) in [5, 5.41) is 9.71. The van der Waals surface area contributed by atoms with Gasteiger partial charge in [-0.05, 0) is 31.8 Å². The fourth-order valence-corrected chi connectivity index (χ4v) is 2.34. The van der Waals surface area contributed by atoms with Crippen LogP contribution in [0.5, 0.6) is 0 Å². The van der Waals surface area contributed by atoms with Crippen LogP contribution in [-0.2, 0) is 9.53 Å². The number of aliphatic hydroxyl groups is 1. The first-order valence-corrected chi connectivity index (χ1v) is 8.76. The van der Waals surface area contributed by atoms with Crippen molar-refractivity contribution in [1.82, 2.24) is 0 Å². The molecule has 0 aromatic rings. The first-order valence-electron chi connectivity index (χ1n) is 8.76. The van der Waals surface area contributed by atoms with E-state index < -0.39 is 0 Å². The molecule has 23 heavy (non-hydrogen) atoms. The number of aliphatic hydroxyl groups excluding tert-OH is 1. The van der Waals surface area contributed by atoms with E-state index >= 15 is 0 Å². The van der Waals surface area contributed by atoms with Gasteiger partial charge in [0.25, 0.3) is 0 Å². The summed E-state index contributed by atoms with van der Waals surface area (Å²) < 4.78 is 5.20. The van der Waals surface area contributed by atoms with Crippen molar-refractivity contribution >= 4 is 5.97 Å². The van der Waals surface area contributed by atoms with E-state index in [2.05, 4.69) is 6.92 Å². The van der Waals surface area contributed by atoms with Gasteiger partial charge in [-0.1, -0.05) is 68.7 Å². The maximum absolute atomic E-state index is 11.1. The molecule has 1 saturated heterocycles. The molecule has 0 radical (unpaired) electrons. The molecule has 3 nitrogen and oxygen atoms in total. The fraction of sp³-hybridized carbons (Fsp3) is 0.550. The fourth-order valence-electron chi connectivity index (χ4n) is 2.34. The summed E-state index contributed by atoms with van der Waals surface area (Å²) in [5.41, 5.74) is 0. The predicted molar refractivity (Wildman–Crippen MR) is 95.1 cm³/mol. The Balaban J connectivity index is 2.11. The summed E-state index contributed by atoms with van der Waals surface area (Å²) in [5.74, 6) is -0.0959. The van der Waals surface area contributed by atoms with Crippen LogP contribution in [0, 0.1) is 0 Å². The van der Waals surface area contributed by atoms with Crippen LogP contribution in [-0.4, -0.2) is 23.3 Å². The smallest absolute Gasteiger partial charge is 0.306 e. The largest absolute Gasteiger partial charge is 0.458 e. The molecular weight excluding hydrogens is 288 g/mol. The molecule has 0 aromatic carbocycles. The van der Waals surface area contributed by atoms with Gasteiger partial charge in [-0.2, -0.15) is 0 Å². The van der Waals surface area contributed by atoms with E-state index in [1.807, 2.05) is 48.6 Å². The second-order valence-corrected chi connectivity index (χ2v) is 5.85. The topological polar surface area (TPSA) is 46.5 Å². The lowest BCUT2D eigenvalue weighted by Crippen LogP contribution is -2.21. The normalized spacial score (nSPS) is 21.0. The third-order valence-corrected chi connectivity index (χ3v) is 3.68. The molecule has 1 heterocycles. The Kier molecular flexibility index (Phi) is 10.9. The highest BCUT2D eigenvalue weighted by Gasteiger charge is 2.16. The van der Waals surface area contributed by atoms with Gasteiger partial charge in [0, 0.05) is 6.42 Å². The predicted octanol–water partition coefficient (Wildman–Crippen LogP) is 4.64. The number of allylic oxidation sites excluding steroid dienone is 6. The van der Waals surface area contributed by atoms with Gasteiger partial charge in [-0.3, -0.25) is 4.79 Å². The lowest BCUT2D eigenvalue weighted by Gasteiger charge is -2.18. The van der Waals surface area contributed by atoms with Crippen LogP contribution in [0.4, 0.5) is 0 Å². The maximum Gasteiger partial charge on any atom is 0.306 e. The number of carbonyl (C=O) groups excluding carboxylic acids is 1. The summed E-state index contributed by atoms with van der Waals surface area (Å²) in [6.07, 6.45) is 22.7. The van der Waals surface area contributed by atoms with Gasteiger partial charge in [0.2, 0.25) is 0 Å². The van der Waals surface area contributed by atoms with Crippen molar-refractivity contribution < 1.29 is 14.6 Å². The summed E-state index contributed by atoms with van der Waals surface area (Å²) in [7, 11) is 0. The lowest BCUT2D eigenvalue weighted by atomic mass is 10.1. The molecule has 2 atom stereocenters. The van der Waals surface area contributed by atoms with Crippen LogP contribution in [0.3, 0.4) is 0 Å². The highest BCUT2D eigenvalue weighted by Crippen LogP contribution is 2.14. The highest BCUT2D eigenvalue weighted by molar-refractivity contribution is 5.70. The molecule has 0 aromatic heterocycles. The van der Waals surface area contributed by atoms with Crippen LogP contribution >= 0.6 is 0 Å². The Morgan fingerprint density at radius 1 is 1.22 bits per heavy atom. The van der Waals surface area contributed by atoms with Crippen molar-refractivity contribution in [2.75, 3.05) is 0 Å². The number of hydrogen-bond acceptors (Lipinski definition) is 3. The zero-order chi connectivity index (χ0) is 16.8. The molecule has 0 spiro atoms. The minimum absolute atomic E-state index is 0.0615.